The maximum atomic E-state index is 12.2. The molecule has 1 saturated heterocycles. The molecule has 1 aromatic rings. The summed E-state index contributed by atoms with van der Waals surface area (Å²) in [5.41, 5.74) is 0. The highest BCUT2D eigenvalue weighted by atomic mass is 79.9. The van der Waals surface area contributed by atoms with E-state index in [1.807, 2.05) is 24.3 Å². The Kier molecular flexibility index (Phi) is 6.89. The SMILES string of the molecule is O=C(O)CC1CCCN1C(=O)CCCCOc1ccc(Br)cc1. The molecule has 0 spiro atoms. The molecular weight excluding hydrogens is 362 g/mol. The quantitative estimate of drug-likeness (QED) is 0.697. The van der Waals surface area contributed by atoms with Crippen molar-refractivity contribution in [3.05, 3.63) is 28.7 Å². The van der Waals surface area contributed by atoms with Gasteiger partial charge in [0.1, 0.15) is 5.75 Å². The Morgan fingerprint density at radius 3 is 2.70 bits per heavy atom. The Labute approximate surface area is 144 Å². The second-order valence-electron chi connectivity index (χ2n) is 5.74. The van der Waals surface area contributed by atoms with E-state index in [2.05, 4.69) is 15.9 Å². The van der Waals surface area contributed by atoms with Crippen LogP contribution in [0, 0.1) is 0 Å². The molecule has 0 saturated carbocycles. The number of aliphatic carboxylic acids is 1. The third kappa shape index (κ3) is 5.86. The number of nitrogens with zero attached hydrogens (tertiary/aromatic N) is 1. The van der Waals surface area contributed by atoms with E-state index in [0.717, 1.165) is 35.9 Å². The van der Waals surface area contributed by atoms with Crippen molar-refractivity contribution in [2.45, 2.75) is 44.6 Å². The Hall–Kier alpha value is -1.56. The first-order valence-electron chi connectivity index (χ1n) is 7.96. The molecule has 126 valence electrons. The molecule has 0 aliphatic carbocycles. The smallest absolute Gasteiger partial charge is 0.305 e. The lowest BCUT2D eigenvalue weighted by atomic mass is 10.1. The van der Waals surface area contributed by atoms with Crippen LogP contribution in [0.4, 0.5) is 0 Å². The van der Waals surface area contributed by atoms with Crippen molar-refractivity contribution < 1.29 is 19.4 Å². The highest BCUT2D eigenvalue weighted by Gasteiger charge is 2.29. The van der Waals surface area contributed by atoms with Crippen molar-refractivity contribution >= 4 is 27.8 Å². The van der Waals surface area contributed by atoms with E-state index in [0.29, 0.717) is 19.6 Å². The average Bonchev–Trinajstić information content (AvgIpc) is 2.96. The molecule has 1 aliphatic rings. The number of benzene rings is 1. The third-order valence-electron chi connectivity index (χ3n) is 3.98. The molecule has 2 rings (SSSR count). The van der Waals surface area contributed by atoms with Gasteiger partial charge in [-0.2, -0.15) is 0 Å². The first-order chi connectivity index (χ1) is 11.1. The molecule has 1 aromatic carbocycles. The van der Waals surface area contributed by atoms with Crippen molar-refractivity contribution in [2.75, 3.05) is 13.2 Å². The minimum atomic E-state index is -0.836. The molecule has 0 bridgehead atoms. The van der Waals surface area contributed by atoms with Crippen LogP contribution < -0.4 is 4.74 Å². The van der Waals surface area contributed by atoms with Crippen LogP contribution >= 0.6 is 15.9 Å². The fourth-order valence-electron chi connectivity index (χ4n) is 2.82. The van der Waals surface area contributed by atoms with E-state index in [9.17, 15) is 9.59 Å². The molecule has 1 N–H and O–H groups in total. The first-order valence-corrected chi connectivity index (χ1v) is 8.75. The lowest BCUT2D eigenvalue weighted by Gasteiger charge is -2.23. The largest absolute Gasteiger partial charge is 0.494 e. The first kappa shape index (κ1) is 17.8. The number of halogens is 1. The summed E-state index contributed by atoms with van der Waals surface area (Å²) >= 11 is 3.37. The van der Waals surface area contributed by atoms with Crippen LogP contribution in [0.1, 0.15) is 38.5 Å². The summed E-state index contributed by atoms with van der Waals surface area (Å²) in [5.74, 6) is 0.0515. The molecular formula is C17H22BrNO4. The van der Waals surface area contributed by atoms with E-state index in [4.69, 9.17) is 9.84 Å². The Bertz CT molecular complexity index is 532. The zero-order valence-corrected chi connectivity index (χ0v) is 14.6. The predicted molar refractivity (Wildman–Crippen MR) is 90.5 cm³/mol. The zero-order valence-electron chi connectivity index (χ0n) is 13.0. The molecule has 0 aromatic heterocycles. The summed E-state index contributed by atoms with van der Waals surface area (Å²) in [7, 11) is 0. The number of carbonyl (C=O) groups excluding carboxylic acids is 1. The number of unbranched alkanes of at least 4 members (excludes halogenated alkanes) is 1. The average molecular weight is 384 g/mol. The number of amides is 1. The standard InChI is InChI=1S/C17H22BrNO4/c18-13-6-8-15(9-7-13)23-11-2-1-5-16(20)19-10-3-4-14(19)12-17(21)22/h6-9,14H,1-5,10-12H2,(H,21,22). The van der Waals surface area contributed by atoms with E-state index < -0.39 is 5.97 Å². The number of likely N-dealkylation sites (tertiary alicyclic amines) is 1. The van der Waals surface area contributed by atoms with E-state index in [1.165, 1.54) is 0 Å². The Morgan fingerprint density at radius 2 is 2.00 bits per heavy atom. The highest BCUT2D eigenvalue weighted by Crippen LogP contribution is 2.22. The lowest BCUT2D eigenvalue weighted by Crippen LogP contribution is -2.36. The highest BCUT2D eigenvalue weighted by molar-refractivity contribution is 9.10. The minimum absolute atomic E-state index is 0.0540. The zero-order chi connectivity index (χ0) is 16.7. The van der Waals surface area contributed by atoms with Gasteiger partial charge < -0.3 is 14.7 Å². The van der Waals surface area contributed by atoms with Crippen LogP contribution in [0.3, 0.4) is 0 Å². The van der Waals surface area contributed by atoms with Gasteiger partial charge >= 0.3 is 5.97 Å². The fourth-order valence-corrected chi connectivity index (χ4v) is 3.08. The van der Waals surface area contributed by atoms with Gasteiger partial charge in [-0.15, -0.1) is 0 Å². The van der Waals surface area contributed by atoms with Gasteiger partial charge in [0.2, 0.25) is 5.91 Å². The van der Waals surface area contributed by atoms with Crippen molar-refractivity contribution in [1.82, 2.24) is 4.90 Å². The van der Waals surface area contributed by atoms with Crippen molar-refractivity contribution in [2.24, 2.45) is 0 Å². The molecule has 1 heterocycles. The topological polar surface area (TPSA) is 66.8 Å². The second kappa shape index (κ2) is 8.91. The number of hydrogen-bond donors (Lipinski definition) is 1. The Morgan fingerprint density at radius 1 is 1.26 bits per heavy atom. The molecule has 1 fully saturated rings. The van der Waals surface area contributed by atoms with Gasteiger partial charge in [0.25, 0.3) is 0 Å². The summed E-state index contributed by atoms with van der Waals surface area (Å²) in [6.45, 7) is 1.26. The van der Waals surface area contributed by atoms with E-state index in [1.54, 1.807) is 4.90 Å². The fraction of sp³-hybridized carbons (Fsp3) is 0.529. The molecule has 0 radical (unpaired) electrons. The maximum absolute atomic E-state index is 12.2. The monoisotopic (exact) mass is 383 g/mol. The second-order valence-corrected chi connectivity index (χ2v) is 6.66. The van der Waals surface area contributed by atoms with Crippen LogP contribution in [0.15, 0.2) is 28.7 Å². The molecule has 1 atom stereocenters. The summed E-state index contributed by atoms with van der Waals surface area (Å²) in [4.78, 5) is 24.8. The molecule has 1 unspecified atom stereocenters. The van der Waals surface area contributed by atoms with Crippen LogP contribution in [0.5, 0.6) is 5.75 Å². The van der Waals surface area contributed by atoms with Gasteiger partial charge in [-0.1, -0.05) is 15.9 Å². The number of rotatable bonds is 8. The van der Waals surface area contributed by atoms with Crippen molar-refractivity contribution in [3.63, 3.8) is 0 Å². The number of hydrogen-bond acceptors (Lipinski definition) is 3. The number of carboxylic acids is 1. The molecule has 23 heavy (non-hydrogen) atoms. The van der Waals surface area contributed by atoms with Crippen LogP contribution in [-0.4, -0.2) is 41.1 Å². The van der Waals surface area contributed by atoms with Gasteiger partial charge in [0.15, 0.2) is 0 Å². The van der Waals surface area contributed by atoms with Gasteiger partial charge in [0, 0.05) is 23.5 Å². The summed E-state index contributed by atoms with van der Waals surface area (Å²) in [6.07, 6.45) is 3.77. The van der Waals surface area contributed by atoms with Gasteiger partial charge in [-0.05, 0) is 49.9 Å². The number of carboxylic acid groups (broad SMARTS) is 1. The predicted octanol–water partition coefficient (Wildman–Crippen LogP) is 3.46. The van der Waals surface area contributed by atoms with Crippen LogP contribution in [0.25, 0.3) is 0 Å². The maximum Gasteiger partial charge on any atom is 0.305 e. The van der Waals surface area contributed by atoms with Gasteiger partial charge in [0.05, 0.1) is 13.0 Å². The van der Waals surface area contributed by atoms with Crippen molar-refractivity contribution in [3.8, 4) is 5.75 Å². The number of ether oxygens (including phenoxy) is 1. The van der Waals surface area contributed by atoms with Crippen LogP contribution in [-0.2, 0) is 9.59 Å². The summed E-state index contributed by atoms with van der Waals surface area (Å²) in [6, 6.07) is 7.52. The summed E-state index contributed by atoms with van der Waals surface area (Å²) in [5, 5.41) is 8.89. The Balaban J connectivity index is 1.64. The molecule has 1 amide bonds. The van der Waals surface area contributed by atoms with Gasteiger partial charge in [-0.25, -0.2) is 0 Å². The van der Waals surface area contributed by atoms with Crippen molar-refractivity contribution in [1.29, 1.82) is 0 Å². The normalized spacial score (nSPS) is 17.3. The summed E-state index contributed by atoms with van der Waals surface area (Å²) < 4.78 is 6.63. The lowest BCUT2D eigenvalue weighted by molar-refractivity contribution is -0.139. The van der Waals surface area contributed by atoms with Crippen LogP contribution in [0.2, 0.25) is 0 Å². The molecule has 5 nitrogen and oxygen atoms in total. The third-order valence-corrected chi connectivity index (χ3v) is 4.50. The van der Waals surface area contributed by atoms with Gasteiger partial charge in [-0.3, -0.25) is 9.59 Å². The van der Waals surface area contributed by atoms with E-state index in [-0.39, 0.29) is 18.4 Å². The molecule has 1 aliphatic heterocycles. The minimum Gasteiger partial charge on any atom is -0.494 e. The number of carbonyl (C=O) groups is 2. The van der Waals surface area contributed by atoms with E-state index >= 15 is 0 Å². The molecule has 6 heteroatoms.